The number of nitrogens with one attached hydrogen (secondary N) is 2. The first kappa shape index (κ1) is 28.6. The molecule has 0 heterocycles. The minimum absolute atomic E-state index is 0.0218. The molecule has 0 saturated carbocycles. The van der Waals surface area contributed by atoms with E-state index >= 15 is 0 Å². The van der Waals surface area contributed by atoms with Crippen LogP contribution in [-0.4, -0.2) is 50.4 Å². The van der Waals surface area contributed by atoms with Crippen molar-refractivity contribution in [1.82, 2.24) is 10.2 Å². The molecule has 6 heteroatoms. The van der Waals surface area contributed by atoms with Crippen molar-refractivity contribution in [3.63, 3.8) is 0 Å². The first-order valence-corrected chi connectivity index (χ1v) is 13.8. The molecule has 0 spiro atoms. The van der Waals surface area contributed by atoms with Crippen molar-refractivity contribution >= 4 is 23.2 Å². The van der Waals surface area contributed by atoms with Gasteiger partial charge in [-0.3, -0.25) is 14.5 Å². The van der Waals surface area contributed by atoms with Crippen molar-refractivity contribution in [3.05, 3.63) is 120 Å². The van der Waals surface area contributed by atoms with Crippen molar-refractivity contribution in [1.29, 1.82) is 0 Å². The number of benzene rings is 4. The third kappa shape index (κ3) is 7.36. The highest BCUT2D eigenvalue weighted by Gasteiger charge is 2.24. The molecule has 1 unspecified atom stereocenters. The number of hydrogen-bond acceptors (Lipinski definition) is 4. The molecule has 1 atom stereocenters. The zero-order valence-electron chi connectivity index (χ0n) is 23.5. The zero-order chi connectivity index (χ0) is 28.3. The van der Waals surface area contributed by atoms with Gasteiger partial charge in [-0.05, 0) is 67.4 Å². The smallest absolute Gasteiger partial charge is 0.256 e. The zero-order valence-corrected chi connectivity index (χ0v) is 23.5. The fourth-order valence-electron chi connectivity index (χ4n) is 4.88. The summed E-state index contributed by atoms with van der Waals surface area (Å²) in [5.74, 6) is -0.114. The van der Waals surface area contributed by atoms with E-state index in [0.29, 0.717) is 12.1 Å². The van der Waals surface area contributed by atoms with Gasteiger partial charge in [0.15, 0.2) is 0 Å². The molecular formula is C34H38N4O2. The summed E-state index contributed by atoms with van der Waals surface area (Å²) < 4.78 is 0. The van der Waals surface area contributed by atoms with Crippen LogP contribution in [0.1, 0.15) is 35.3 Å². The van der Waals surface area contributed by atoms with Gasteiger partial charge in [-0.25, -0.2) is 0 Å². The maximum atomic E-state index is 13.1. The van der Waals surface area contributed by atoms with E-state index in [1.54, 1.807) is 0 Å². The van der Waals surface area contributed by atoms with Crippen LogP contribution in [-0.2, 0) is 4.79 Å². The quantitative estimate of drug-likeness (QED) is 0.226. The fraction of sp³-hybridized carbons (Fsp3) is 0.235. The largest absolute Gasteiger partial charge is 0.375 e. The number of hydrogen-bond donors (Lipinski definition) is 2. The molecule has 0 aromatic heterocycles. The van der Waals surface area contributed by atoms with Crippen LogP contribution in [0.3, 0.4) is 0 Å². The van der Waals surface area contributed by atoms with Crippen molar-refractivity contribution in [2.75, 3.05) is 43.9 Å². The van der Waals surface area contributed by atoms with E-state index in [9.17, 15) is 9.59 Å². The Morgan fingerprint density at radius 1 is 0.750 bits per heavy atom. The Balaban J connectivity index is 1.33. The fourth-order valence-corrected chi connectivity index (χ4v) is 4.88. The lowest BCUT2D eigenvalue weighted by molar-refractivity contribution is -0.126. The summed E-state index contributed by atoms with van der Waals surface area (Å²) in [6, 6.07) is 35.1. The number of nitrogens with zero attached hydrogens (tertiary/aromatic N) is 2. The molecule has 0 aliphatic carbocycles. The molecule has 4 aromatic rings. The molecule has 0 aliphatic heterocycles. The lowest BCUT2D eigenvalue weighted by Gasteiger charge is -2.28. The monoisotopic (exact) mass is 534 g/mol. The van der Waals surface area contributed by atoms with Crippen LogP contribution in [0.2, 0.25) is 0 Å². The van der Waals surface area contributed by atoms with Crippen LogP contribution in [0, 0.1) is 0 Å². The van der Waals surface area contributed by atoms with E-state index in [1.807, 2.05) is 123 Å². The maximum absolute atomic E-state index is 13.1. The van der Waals surface area contributed by atoms with Gasteiger partial charge in [-0.2, -0.15) is 0 Å². The Labute approximate surface area is 237 Å². The topological polar surface area (TPSA) is 64.7 Å². The van der Waals surface area contributed by atoms with Gasteiger partial charge in [0.1, 0.15) is 6.04 Å². The highest BCUT2D eigenvalue weighted by Crippen LogP contribution is 2.25. The van der Waals surface area contributed by atoms with Crippen molar-refractivity contribution in [2.24, 2.45) is 0 Å². The summed E-state index contributed by atoms with van der Waals surface area (Å²) in [6.45, 7) is 4.15. The second-order valence-electron chi connectivity index (χ2n) is 9.88. The first-order valence-electron chi connectivity index (χ1n) is 13.8. The molecule has 2 N–H and O–H groups in total. The lowest BCUT2D eigenvalue weighted by atomic mass is 9.99. The van der Waals surface area contributed by atoms with E-state index in [-0.39, 0.29) is 17.9 Å². The Kier molecular flexibility index (Phi) is 10.1. The SMILES string of the molecule is CCNC(=O)C(c1ccccc1)N(C)CCCN(C)c1ccc(NC(=O)c2ccccc2-c2ccccc2)cc1. The molecule has 4 rings (SSSR count). The Hall–Kier alpha value is -4.42. The molecule has 0 aliphatic rings. The number of carbonyl (C=O) groups excluding carboxylic acids is 2. The number of likely N-dealkylation sites (N-methyl/N-ethyl adjacent to an activating group) is 2. The minimum atomic E-state index is -0.318. The standard InChI is InChI=1S/C34H38N4O2/c1-4-35-34(40)32(27-16-9-6-10-17-27)38(3)25-13-24-37(2)29-22-20-28(21-23-29)36-33(39)31-19-12-11-18-30(31)26-14-7-5-8-15-26/h5-12,14-23,32H,4,13,24-25H2,1-3H3,(H,35,40)(H,36,39). The van der Waals surface area contributed by atoms with Gasteiger partial charge in [0, 0.05) is 43.6 Å². The van der Waals surface area contributed by atoms with Crippen LogP contribution < -0.4 is 15.5 Å². The van der Waals surface area contributed by atoms with E-state index < -0.39 is 0 Å². The van der Waals surface area contributed by atoms with E-state index in [0.717, 1.165) is 47.6 Å². The normalized spacial score (nSPS) is 11.6. The summed E-state index contributed by atoms with van der Waals surface area (Å²) in [5, 5.41) is 6.01. The second-order valence-corrected chi connectivity index (χ2v) is 9.88. The first-order chi connectivity index (χ1) is 19.5. The van der Waals surface area contributed by atoms with Gasteiger partial charge in [0.2, 0.25) is 5.91 Å². The molecule has 6 nitrogen and oxygen atoms in total. The van der Waals surface area contributed by atoms with Crippen molar-refractivity contribution in [2.45, 2.75) is 19.4 Å². The average Bonchev–Trinajstić information content (AvgIpc) is 2.99. The average molecular weight is 535 g/mol. The summed E-state index contributed by atoms with van der Waals surface area (Å²) in [7, 11) is 4.06. The molecule has 40 heavy (non-hydrogen) atoms. The molecule has 0 fully saturated rings. The third-order valence-electron chi connectivity index (χ3n) is 6.98. The molecular weight excluding hydrogens is 496 g/mol. The van der Waals surface area contributed by atoms with Crippen molar-refractivity contribution in [3.8, 4) is 11.1 Å². The van der Waals surface area contributed by atoms with Gasteiger partial charge in [0.25, 0.3) is 5.91 Å². The lowest BCUT2D eigenvalue weighted by Crippen LogP contribution is -2.39. The summed E-state index contributed by atoms with van der Waals surface area (Å²) >= 11 is 0. The highest BCUT2D eigenvalue weighted by molar-refractivity contribution is 6.08. The second kappa shape index (κ2) is 14.1. The Bertz CT molecular complexity index is 1370. The van der Waals surface area contributed by atoms with Crippen LogP contribution in [0.25, 0.3) is 11.1 Å². The summed E-state index contributed by atoms with van der Waals surface area (Å²) in [6.07, 6.45) is 0.893. The number of carbonyl (C=O) groups is 2. The molecule has 0 saturated heterocycles. The Morgan fingerprint density at radius 2 is 1.38 bits per heavy atom. The maximum Gasteiger partial charge on any atom is 0.256 e. The number of rotatable bonds is 12. The van der Waals surface area contributed by atoms with Gasteiger partial charge >= 0.3 is 0 Å². The summed E-state index contributed by atoms with van der Waals surface area (Å²) in [4.78, 5) is 30.2. The molecule has 206 valence electrons. The van der Waals surface area contributed by atoms with Crippen LogP contribution in [0.5, 0.6) is 0 Å². The van der Waals surface area contributed by atoms with E-state index in [4.69, 9.17) is 0 Å². The predicted octanol–water partition coefficient (Wildman–Crippen LogP) is 6.24. The van der Waals surface area contributed by atoms with Crippen LogP contribution in [0.15, 0.2) is 109 Å². The van der Waals surface area contributed by atoms with Gasteiger partial charge in [-0.1, -0.05) is 78.9 Å². The van der Waals surface area contributed by atoms with Crippen LogP contribution >= 0.6 is 0 Å². The Morgan fingerprint density at radius 3 is 2.05 bits per heavy atom. The van der Waals surface area contributed by atoms with E-state index in [1.165, 1.54) is 0 Å². The van der Waals surface area contributed by atoms with Gasteiger partial charge < -0.3 is 15.5 Å². The molecule has 0 radical (unpaired) electrons. The molecule has 0 bridgehead atoms. The minimum Gasteiger partial charge on any atom is -0.375 e. The predicted molar refractivity (Wildman–Crippen MR) is 165 cm³/mol. The highest BCUT2D eigenvalue weighted by atomic mass is 16.2. The van der Waals surface area contributed by atoms with Gasteiger partial charge in [-0.15, -0.1) is 0 Å². The van der Waals surface area contributed by atoms with Crippen LogP contribution in [0.4, 0.5) is 11.4 Å². The number of amides is 2. The number of anilines is 2. The molecule has 2 amide bonds. The van der Waals surface area contributed by atoms with E-state index in [2.05, 4.69) is 27.5 Å². The van der Waals surface area contributed by atoms with Gasteiger partial charge in [0.05, 0.1) is 0 Å². The summed E-state index contributed by atoms with van der Waals surface area (Å²) in [5.41, 5.74) is 5.36. The third-order valence-corrected chi connectivity index (χ3v) is 6.98. The molecule has 4 aromatic carbocycles. The van der Waals surface area contributed by atoms with Crippen molar-refractivity contribution < 1.29 is 9.59 Å².